The van der Waals surface area contributed by atoms with E-state index in [-0.39, 0.29) is 42.8 Å². The van der Waals surface area contributed by atoms with Gasteiger partial charge >= 0.3 is 0 Å². The minimum Gasteiger partial charge on any atom is -0.392 e. The SMILES string of the molecule is CC(NC(=O)C1CC(O)CN1)c1ccc(-c2ccncc2)cc1.Cl.Cl. The Labute approximate surface area is 160 Å². The standard InChI is InChI=1S/C18H21N3O2.2ClH/c1-12(21-18(23)17-10-16(22)11-20-17)13-2-4-14(5-3-13)15-6-8-19-9-7-15;;/h2-9,12,16-17,20,22H,10-11H2,1H3,(H,21,23);2*1H. The van der Waals surface area contributed by atoms with Crippen LogP contribution in [0.1, 0.15) is 24.9 Å². The van der Waals surface area contributed by atoms with E-state index in [4.69, 9.17) is 0 Å². The van der Waals surface area contributed by atoms with E-state index in [9.17, 15) is 9.90 Å². The summed E-state index contributed by atoms with van der Waals surface area (Å²) in [6, 6.07) is 11.7. The molecule has 1 fully saturated rings. The molecule has 136 valence electrons. The van der Waals surface area contributed by atoms with Crippen molar-refractivity contribution in [2.24, 2.45) is 0 Å². The number of benzene rings is 1. The van der Waals surface area contributed by atoms with Crippen LogP contribution in [-0.2, 0) is 4.79 Å². The van der Waals surface area contributed by atoms with Crippen molar-refractivity contribution in [3.8, 4) is 11.1 Å². The van der Waals surface area contributed by atoms with Crippen LogP contribution in [0.25, 0.3) is 11.1 Å². The van der Waals surface area contributed by atoms with Gasteiger partial charge in [-0.15, -0.1) is 24.8 Å². The van der Waals surface area contributed by atoms with Gasteiger partial charge in [-0.2, -0.15) is 0 Å². The summed E-state index contributed by atoms with van der Waals surface area (Å²) < 4.78 is 0. The lowest BCUT2D eigenvalue weighted by atomic mass is 10.0. The fourth-order valence-corrected chi connectivity index (χ4v) is 2.82. The predicted molar refractivity (Wildman–Crippen MR) is 103 cm³/mol. The number of rotatable bonds is 4. The molecule has 1 aliphatic rings. The van der Waals surface area contributed by atoms with E-state index in [0.717, 1.165) is 16.7 Å². The summed E-state index contributed by atoms with van der Waals surface area (Å²) in [6.45, 7) is 2.44. The molecule has 3 unspecified atom stereocenters. The van der Waals surface area contributed by atoms with Gasteiger partial charge in [0.2, 0.25) is 5.91 Å². The number of aliphatic hydroxyl groups is 1. The molecule has 0 radical (unpaired) electrons. The molecule has 0 bridgehead atoms. The third-order valence-corrected chi connectivity index (χ3v) is 4.21. The number of halogens is 2. The smallest absolute Gasteiger partial charge is 0.237 e. The molecule has 0 saturated carbocycles. The zero-order valence-corrected chi connectivity index (χ0v) is 15.5. The second-order valence-corrected chi connectivity index (χ2v) is 5.94. The summed E-state index contributed by atoms with van der Waals surface area (Å²) in [5, 5.41) is 15.5. The number of β-amino-alcohol motifs (C(OH)–C–C–N with tert-alkyl or cyclic N) is 1. The Kier molecular flexibility index (Phi) is 8.32. The van der Waals surface area contributed by atoms with E-state index in [1.165, 1.54) is 0 Å². The molecule has 2 heterocycles. The summed E-state index contributed by atoms with van der Waals surface area (Å²) in [7, 11) is 0. The van der Waals surface area contributed by atoms with E-state index in [1.807, 2.05) is 43.3 Å². The quantitative estimate of drug-likeness (QED) is 0.757. The number of pyridine rings is 1. The summed E-state index contributed by atoms with van der Waals surface area (Å²) in [5.41, 5.74) is 3.29. The Morgan fingerprint density at radius 2 is 1.76 bits per heavy atom. The lowest BCUT2D eigenvalue weighted by Gasteiger charge is -2.18. The molecule has 1 aliphatic heterocycles. The lowest BCUT2D eigenvalue weighted by Crippen LogP contribution is -2.41. The molecular formula is C18H23Cl2N3O2. The molecule has 3 atom stereocenters. The average Bonchev–Trinajstić information content (AvgIpc) is 3.02. The normalized spacial score (nSPS) is 20.1. The topological polar surface area (TPSA) is 74.2 Å². The van der Waals surface area contributed by atoms with Crippen molar-refractivity contribution in [3.63, 3.8) is 0 Å². The molecule has 2 aromatic rings. The maximum Gasteiger partial charge on any atom is 0.237 e. The Balaban J connectivity index is 0.00000156. The van der Waals surface area contributed by atoms with Gasteiger partial charge in [0.1, 0.15) is 0 Å². The molecule has 1 amide bonds. The van der Waals surface area contributed by atoms with Gasteiger partial charge in [-0.3, -0.25) is 9.78 Å². The number of amides is 1. The first-order valence-corrected chi connectivity index (χ1v) is 7.85. The van der Waals surface area contributed by atoms with Crippen LogP contribution in [-0.4, -0.2) is 34.7 Å². The first-order chi connectivity index (χ1) is 11.1. The minimum atomic E-state index is -0.430. The summed E-state index contributed by atoms with van der Waals surface area (Å²) in [6.07, 6.45) is 3.59. The number of hydrogen-bond donors (Lipinski definition) is 3. The van der Waals surface area contributed by atoms with E-state index in [2.05, 4.69) is 15.6 Å². The van der Waals surface area contributed by atoms with Gasteiger partial charge in [-0.1, -0.05) is 24.3 Å². The van der Waals surface area contributed by atoms with Gasteiger partial charge in [-0.05, 0) is 42.2 Å². The van der Waals surface area contributed by atoms with Crippen molar-refractivity contribution < 1.29 is 9.90 Å². The highest BCUT2D eigenvalue weighted by molar-refractivity contribution is 5.85. The van der Waals surface area contributed by atoms with Crippen LogP contribution < -0.4 is 10.6 Å². The largest absolute Gasteiger partial charge is 0.392 e. The maximum absolute atomic E-state index is 12.2. The van der Waals surface area contributed by atoms with Gasteiger partial charge in [0.15, 0.2) is 0 Å². The van der Waals surface area contributed by atoms with Crippen LogP contribution in [0.2, 0.25) is 0 Å². The van der Waals surface area contributed by atoms with Crippen molar-refractivity contribution in [1.29, 1.82) is 0 Å². The molecular weight excluding hydrogens is 361 g/mol. The number of nitrogens with one attached hydrogen (secondary N) is 2. The molecule has 1 aromatic heterocycles. The molecule has 5 nitrogen and oxygen atoms in total. The average molecular weight is 384 g/mol. The van der Waals surface area contributed by atoms with Crippen molar-refractivity contribution >= 4 is 30.7 Å². The molecule has 3 rings (SSSR count). The number of nitrogens with zero attached hydrogens (tertiary/aromatic N) is 1. The summed E-state index contributed by atoms with van der Waals surface area (Å²) in [5.74, 6) is -0.0627. The highest BCUT2D eigenvalue weighted by Crippen LogP contribution is 2.21. The fraction of sp³-hybridized carbons (Fsp3) is 0.333. The Morgan fingerprint density at radius 1 is 1.16 bits per heavy atom. The summed E-state index contributed by atoms with van der Waals surface area (Å²) >= 11 is 0. The number of aromatic nitrogens is 1. The van der Waals surface area contributed by atoms with Crippen LogP contribution in [0.4, 0.5) is 0 Å². The number of aliphatic hydroxyl groups excluding tert-OH is 1. The molecule has 0 aliphatic carbocycles. The third-order valence-electron chi connectivity index (χ3n) is 4.21. The Bertz CT molecular complexity index is 668. The van der Waals surface area contributed by atoms with Crippen molar-refractivity contribution in [2.45, 2.75) is 31.5 Å². The Morgan fingerprint density at radius 3 is 2.32 bits per heavy atom. The van der Waals surface area contributed by atoms with Crippen LogP contribution >= 0.6 is 24.8 Å². The van der Waals surface area contributed by atoms with Crippen molar-refractivity contribution in [1.82, 2.24) is 15.6 Å². The van der Waals surface area contributed by atoms with Crippen molar-refractivity contribution in [2.75, 3.05) is 6.54 Å². The van der Waals surface area contributed by atoms with Crippen LogP contribution in [0.15, 0.2) is 48.8 Å². The van der Waals surface area contributed by atoms with Gasteiger partial charge in [-0.25, -0.2) is 0 Å². The summed E-state index contributed by atoms with van der Waals surface area (Å²) in [4.78, 5) is 16.2. The number of hydrogen-bond acceptors (Lipinski definition) is 4. The number of carbonyl (C=O) groups is 1. The fourth-order valence-electron chi connectivity index (χ4n) is 2.82. The molecule has 7 heteroatoms. The molecule has 3 N–H and O–H groups in total. The van der Waals surface area contributed by atoms with Gasteiger partial charge in [0, 0.05) is 18.9 Å². The molecule has 0 spiro atoms. The minimum absolute atomic E-state index is 0. The van der Waals surface area contributed by atoms with Crippen molar-refractivity contribution in [3.05, 3.63) is 54.4 Å². The van der Waals surface area contributed by atoms with Crippen LogP contribution in [0.5, 0.6) is 0 Å². The molecule has 1 saturated heterocycles. The Hall–Kier alpha value is -1.66. The van der Waals surface area contributed by atoms with E-state index >= 15 is 0 Å². The monoisotopic (exact) mass is 383 g/mol. The first kappa shape index (κ1) is 21.4. The lowest BCUT2D eigenvalue weighted by molar-refractivity contribution is -0.123. The molecule has 1 aromatic carbocycles. The second-order valence-electron chi connectivity index (χ2n) is 5.94. The second kappa shape index (κ2) is 9.73. The highest BCUT2D eigenvalue weighted by atomic mass is 35.5. The van der Waals surface area contributed by atoms with Crippen LogP contribution in [0, 0.1) is 0 Å². The van der Waals surface area contributed by atoms with Gasteiger partial charge < -0.3 is 15.7 Å². The number of carbonyl (C=O) groups excluding carboxylic acids is 1. The third kappa shape index (κ3) is 5.41. The molecule has 25 heavy (non-hydrogen) atoms. The van der Waals surface area contributed by atoms with E-state index in [1.54, 1.807) is 12.4 Å². The van der Waals surface area contributed by atoms with Gasteiger partial charge in [0.25, 0.3) is 0 Å². The van der Waals surface area contributed by atoms with Gasteiger partial charge in [0.05, 0.1) is 18.2 Å². The zero-order chi connectivity index (χ0) is 16.2. The zero-order valence-electron chi connectivity index (χ0n) is 13.9. The highest BCUT2D eigenvalue weighted by Gasteiger charge is 2.28. The maximum atomic E-state index is 12.2. The van der Waals surface area contributed by atoms with Crippen LogP contribution in [0.3, 0.4) is 0 Å². The first-order valence-electron chi connectivity index (χ1n) is 7.85. The van der Waals surface area contributed by atoms with E-state index < -0.39 is 6.10 Å². The predicted octanol–water partition coefficient (Wildman–Crippen LogP) is 2.49. The van der Waals surface area contributed by atoms with E-state index in [0.29, 0.717) is 13.0 Å².